The van der Waals surface area contributed by atoms with Gasteiger partial charge in [-0.15, -0.1) is 12.4 Å². The van der Waals surface area contributed by atoms with Gasteiger partial charge in [0.05, 0.1) is 0 Å². The monoisotopic (exact) mass is 136 g/mol. The number of unbranched alkanes of at least 4 members (excludes halogenated alkanes) is 3. The zero-order chi connectivity index (χ0) is 5.54. The molecule has 0 unspecified atom stereocenters. The Kier molecular flexibility index (Phi) is 13.6. The number of carbonyl (C=O) groups is 1. The van der Waals surface area contributed by atoms with Gasteiger partial charge in [-0.2, -0.15) is 0 Å². The van der Waals surface area contributed by atoms with Crippen molar-refractivity contribution in [3.63, 3.8) is 0 Å². The standard InChI is InChI=1S/C6H12O.ClH/c1-2-3-4-5-6-7;/h6H,2-5H2,1H3;1H. The third-order valence-electron chi connectivity index (χ3n) is 0.926. The summed E-state index contributed by atoms with van der Waals surface area (Å²) in [4.78, 5) is 9.68. The second kappa shape index (κ2) is 10.0. The molecule has 0 radical (unpaired) electrons. The molecule has 8 heavy (non-hydrogen) atoms. The Hall–Kier alpha value is -0.0400. The largest absolute Gasteiger partial charge is 0.303 e. The minimum atomic E-state index is 0. The Morgan fingerprint density at radius 3 is 2.38 bits per heavy atom. The summed E-state index contributed by atoms with van der Waals surface area (Å²) in [6, 6.07) is 0. The van der Waals surface area contributed by atoms with Crippen molar-refractivity contribution in [2.75, 3.05) is 0 Å². The summed E-state index contributed by atoms with van der Waals surface area (Å²) in [6.45, 7) is 2.13. The fraction of sp³-hybridized carbons (Fsp3) is 0.833. The Morgan fingerprint density at radius 2 is 2.00 bits per heavy atom. The molecule has 0 aromatic carbocycles. The van der Waals surface area contributed by atoms with Gasteiger partial charge < -0.3 is 4.79 Å². The first-order valence-corrected chi connectivity index (χ1v) is 2.85. The number of aldehydes is 1. The van der Waals surface area contributed by atoms with Gasteiger partial charge in [-0.05, 0) is 6.42 Å². The van der Waals surface area contributed by atoms with Crippen LogP contribution in [0.4, 0.5) is 0 Å². The highest BCUT2D eigenvalue weighted by Gasteiger charge is 1.80. The minimum Gasteiger partial charge on any atom is -0.303 e. The molecule has 0 aliphatic rings. The maximum Gasteiger partial charge on any atom is 0.119 e. The SMILES string of the molecule is CCCCCC=O.Cl. The van der Waals surface area contributed by atoms with Gasteiger partial charge in [0.1, 0.15) is 6.29 Å². The third kappa shape index (κ3) is 9.35. The molecule has 0 saturated heterocycles. The van der Waals surface area contributed by atoms with E-state index in [9.17, 15) is 4.79 Å². The van der Waals surface area contributed by atoms with Crippen molar-refractivity contribution in [1.82, 2.24) is 0 Å². The van der Waals surface area contributed by atoms with Crippen LogP contribution >= 0.6 is 12.4 Å². The molecule has 0 amide bonds. The molecule has 0 aliphatic carbocycles. The van der Waals surface area contributed by atoms with Gasteiger partial charge >= 0.3 is 0 Å². The molecule has 0 aromatic heterocycles. The minimum absolute atomic E-state index is 0. The fourth-order valence-electron chi connectivity index (χ4n) is 0.478. The van der Waals surface area contributed by atoms with Crippen molar-refractivity contribution in [2.24, 2.45) is 0 Å². The van der Waals surface area contributed by atoms with Crippen LogP contribution in [0.15, 0.2) is 0 Å². The van der Waals surface area contributed by atoms with E-state index < -0.39 is 0 Å². The molecule has 0 aromatic rings. The van der Waals surface area contributed by atoms with Gasteiger partial charge in [0.15, 0.2) is 0 Å². The van der Waals surface area contributed by atoms with Crippen molar-refractivity contribution in [1.29, 1.82) is 0 Å². The summed E-state index contributed by atoms with van der Waals surface area (Å²) < 4.78 is 0. The molecule has 0 saturated carbocycles. The summed E-state index contributed by atoms with van der Waals surface area (Å²) in [6.07, 6.45) is 5.19. The molecule has 0 fully saturated rings. The molecule has 0 aliphatic heterocycles. The van der Waals surface area contributed by atoms with Crippen molar-refractivity contribution < 1.29 is 4.79 Å². The number of hydrogen-bond acceptors (Lipinski definition) is 1. The van der Waals surface area contributed by atoms with E-state index in [0.717, 1.165) is 19.1 Å². The lowest BCUT2D eigenvalue weighted by molar-refractivity contribution is -0.107. The average molecular weight is 137 g/mol. The zero-order valence-corrected chi connectivity index (χ0v) is 6.04. The van der Waals surface area contributed by atoms with E-state index in [-0.39, 0.29) is 12.4 Å². The van der Waals surface area contributed by atoms with Gasteiger partial charge in [-0.3, -0.25) is 0 Å². The van der Waals surface area contributed by atoms with Crippen molar-refractivity contribution >= 4 is 18.7 Å². The van der Waals surface area contributed by atoms with Crippen LogP contribution in [-0.2, 0) is 4.79 Å². The van der Waals surface area contributed by atoms with Crippen molar-refractivity contribution in [3.05, 3.63) is 0 Å². The number of hydrogen-bond donors (Lipinski definition) is 0. The lowest BCUT2D eigenvalue weighted by atomic mass is 10.2. The van der Waals surface area contributed by atoms with E-state index in [1.165, 1.54) is 12.8 Å². The lowest BCUT2D eigenvalue weighted by Gasteiger charge is -1.85. The fourth-order valence-corrected chi connectivity index (χ4v) is 0.478. The van der Waals surface area contributed by atoms with Gasteiger partial charge in [0.2, 0.25) is 0 Å². The summed E-state index contributed by atoms with van der Waals surface area (Å²) >= 11 is 0. The molecule has 1 nitrogen and oxygen atoms in total. The van der Waals surface area contributed by atoms with Gasteiger partial charge in [-0.1, -0.05) is 19.8 Å². The molecule has 0 N–H and O–H groups in total. The molecular weight excluding hydrogens is 124 g/mol. The maximum atomic E-state index is 9.68. The molecule has 50 valence electrons. The van der Waals surface area contributed by atoms with Crippen LogP contribution in [0.25, 0.3) is 0 Å². The van der Waals surface area contributed by atoms with Crippen LogP contribution in [0.3, 0.4) is 0 Å². The topological polar surface area (TPSA) is 17.1 Å². The average Bonchev–Trinajstić information content (AvgIpc) is 1.69. The predicted octanol–water partition coefficient (Wildman–Crippen LogP) is 2.19. The molecule has 0 spiro atoms. The molecule has 0 heterocycles. The van der Waals surface area contributed by atoms with Gasteiger partial charge in [0.25, 0.3) is 0 Å². The molecule has 0 atom stereocenters. The maximum absolute atomic E-state index is 9.68. The summed E-state index contributed by atoms with van der Waals surface area (Å²) in [5.41, 5.74) is 0. The quantitative estimate of drug-likeness (QED) is 0.428. The second-order valence-electron chi connectivity index (χ2n) is 1.66. The first kappa shape index (κ1) is 10.9. The highest BCUT2D eigenvalue weighted by molar-refractivity contribution is 5.85. The Balaban J connectivity index is 0. The summed E-state index contributed by atoms with van der Waals surface area (Å²) in [5.74, 6) is 0. The molecule has 0 rings (SSSR count). The van der Waals surface area contributed by atoms with Crippen LogP contribution < -0.4 is 0 Å². The first-order valence-electron chi connectivity index (χ1n) is 2.85. The zero-order valence-electron chi connectivity index (χ0n) is 5.22. The van der Waals surface area contributed by atoms with Crippen LogP contribution in [0, 0.1) is 0 Å². The van der Waals surface area contributed by atoms with E-state index in [1.807, 2.05) is 0 Å². The van der Waals surface area contributed by atoms with Crippen molar-refractivity contribution in [3.8, 4) is 0 Å². The third-order valence-corrected chi connectivity index (χ3v) is 0.926. The Bertz CT molecular complexity index is 45.8. The van der Waals surface area contributed by atoms with Gasteiger partial charge in [0, 0.05) is 6.42 Å². The predicted molar refractivity (Wildman–Crippen MR) is 37.5 cm³/mol. The van der Waals surface area contributed by atoms with E-state index in [2.05, 4.69) is 6.92 Å². The second-order valence-corrected chi connectivity index (χ2v) is 1.66. The molecule has 2 heteroatoms. The van der Waals surface area contributed by atoms with E-state index in [1.54, 1.807) is 0 Å². The number of rotatable bonds is 4. The lowest BCUT2D eigenvalue weighted by Crippen LogP contribution is -1.73. The normalized spacial score (nSPS) is 7.62. The van der Waals surface area contributed by atoms with Crippen LogP contribution in [0.2, 0.25) is 0 Å². The highest BCUT2D eigenvalue weighted by Crippen LogP contribution is 1.94. The van der Waals surface area contributed by atoms with Crippen LogP contribution in [0.5, 0.6) is 0 Å². The molecule has 0 bridgehead atoms. The Labute approximate surface area is 56.9 Å². The van der Waals surface area contributed by atoms with Gasteiger partial charge in [-0.25, -0.2) is 0 Å². The summed E-state index contributed by atoms with van der Waals surface area (Å²) in [7, 11) is 0. The van der Waals surface area contributed by atoms with Crippen LogP contribution in [0.1, 0.15) is 32.6 Å². The van der Waals surface area contributed by atoms with E-state index in [0.29, 0.717) is 0 Å². The number of halogens is 1. The van der Waals surface area contributed by atoms with Crippen LogP contribution in [-0.4, -0.2) is 6.29 Å². The summed E-state index contributed by atoms with van der Waals surface area (Å²) in [5, 5.41) is 0. The first-order chi connectivity index (χ1) is 3.41. The highest BCUT2D eigenvalue weighted by atomic mass is 35.5. The smallest absolute Gasteiger partial charge is 0.119 e. The van der Waals surface area contributed by atoms with E-state index in [4.69, 9.17) is 0 Å². The van der Waals surface area contributed by atoms with Crippen molar-refractivity contribution in [2.45, 2.75) is 32.6 Å². The number of carbonyl (C=O) groups excluding carboxylic acids is 1. The Morgan fingerprint density at radius 1 is 1.38 bits per heavy atom. The molecular formula is C6H13ClO. The van der Waals surface area contributed by atoms with E-state index >= 15 is 0 Å².